The summed E-state index contributed by atoms with van der Waals surface area (Å²) in [5.74, 6) is 0.843. The Hall–Kier alpha value is -2.69. The van der Waals surface area contributed by atoms with Gasteiger partial charge in [-0.05, 0) is 75.1 Å². The van der Waals surface area contributed by atoms with E-state index in [2.05, 4.69) is 47.5 Å². The Kier molecular flexibility index (Phi) is 5.16. The third-order valence-corrected chi connectivity index (χ3v) is 5.96. The number of benzene rings is 2. The summed E-state index contributed by atoms with van der Waals surface area (Å²) in [4.78, 5) is 15.0. The van der Waals surface area contributed by atoms with Crippen molar-refractivity contribution < 1.29 is 0 Å². The fourth-order valence-corrected chi connectivity index (χ4v) is 4.20. The molecular weight excluding hydrogens is 348 g/mol. The lowest BCUT2D eigenvalue weighted by molar-refractivity contribution is 0.438. The second kappa shape index (κ2) is 7.74. The third kappa shape index (κ3) is 3.41. The third-order valence-electron chi connectivity index (χ3n) is 5.96. The van der Waals surface area contributed by atoms with Crippen molar-refractivity contribution in [2.75, 3.05) is 23.3 Å². The Labute approximate surface area is 166 Å². The average molecular weight is 379 g/mol. The predicted molar refractivity (Wildman–Crippen MR) is 118 cm³/mol. The van der Waals surface area contributed by atoms with Crippen molar-refractivity contribution >= 4 is 28.1 Å². The van der Waals surface area contributed by atoms with E-state index in [-0.39, 0.29) is 5.69 Å². The topological polar surface area (TPSA) is 42.2 Å². The van der Waals surface area contributed by atoms with Gasteiger partial charge in [0.1, 0.15) is 0 Å². The maximum atomic E-state index is 12.5. The maximum Gasteiger partial charge on any atom is 0.329 e. The summed E-state index contributed by atoms with van der Waals surface area (Å²) in [7, 11) is 0. The highest BCUT2D eigenvalue weighted by Crippen LogP contribution is 2.26. The van der Waals surface area contributed by atoms with Crippen molar-refractivity contribution in [3.63, 3.8) is 0 Å². The number of hydrogen-bond acceptors (Lipinski definition) is 3. The molecule has 28 heavy (non-hydrogen) atoms. The molecule has 5 heteroatoms. The van der Waals surface area contributed by atoms with Crippen LogP contribution in [-0.4, -0.2) is 22.2 Å². The first-order valence-electron chi connectivity index (χ1n) is 10.5. The van der Waals surface area contributed by atoms with Gasteiger partial charge in [0.05, 0.1) is 11.0 Å². The first kappa shape index (κ1) is 18.7. The Bertz CT molecular complexity index is 1010. The molecule has 0 unspecified atom stereocenters. The summed E-state index contributed by atoms with van der Waals surface area (Å²) in [5.41, 5.74) is 5.41. The summed E-state index contributed by atoms with van der Waals surface area (Å²) < 4.78 is 3.67. The van der Waals surface area contributed by atoms with E-state index >= 15 is 0 Å². The van der Waals surface area contributed by atoms with E-state index in [1.54, 1.807) is 0 Å². The highest BCUT2D eigenvalue weighted by atomic mass is 16.1. The largest absolute Gasteiger partial charge is 0.372 e. The molecule has 0 radical (unpaired) electrons. The molecule has 1 saturated heterocycles. The second-order valence-corrected chi connectivity index (χ2v) is 7.82. The van der Waals surface area contributed by atoms with E-state index in [0.717, 1.165) is 41.4 Å². The summed E-state index contributed by atoms with van der Waals surface area (Å²) in [5, 5.41) is 3.49. The van der Waals surface area contributed by atoms with Gasteiger partial charge in [-0.2, -0.15) is 0 Å². The van der Waals surface area contributed by atoms with Crippen molar-refractivity contribution in [2.45, 2.75) is 46.7 Å². The summed E-state index contributed by atoms with van der Waals surface area (Å²) in [6, 6.07) is 14.8. The quantitative estimate of drug-likeness (QED) is 0.692. The second-order valence-electron chi connectivity index (χ2n) is 7.82. The number of nitrogens with one attached hydrogen (secondary N) is 1. The molecule has 1 fully saturated rings. The van der Waals surface area contributed by atoms with Crippen LogP contribution in [0.3, 0.4) is 0 Å². The average Bonchev–Trinajstić information content (AvgIpc) is 2.99. The Morgan fingerprint density at radius 1 is 0.893 bits per heavy atom. The smallest absolute Gasteiger partial charge is 0.329 e. The first-order valence-corrected chi connectivity index (χ1v) is 10.5. The number of imidazole rings is 1. The van der Waals surface area contributed by atoms with Crippen LogP contribution in [0.2, 0.25) is 0 Å². The Balaban J connectivity index is 1.55. The van der Waals surface area contributed by atoms with Crippen molar-refractivity contribution in [1.29, 1.82) is 0 Å². The van der Waals surface area contributed by atoms with Gasteiger partial charge >= 0.3 is 5.69 Å². The molecule has 0 spiro atoms. The van der Waals surface area contributed by atoms with Gasteiger partial charge in [-0.3, -0.25) is 9.13 Å². The van der Waals surface area contributed by atoms with Gasteiger partial charge in [0.15, 0.2) is 0 Å². The summed E-state index contributed by atoms with van der Waals surface area (Å²) >= 11 is 0. The predicted octanol–water partition coefficient (Wildman–Crippen LogP) is 4.82. The fraction of sp³-hybridized carbons (Fsp3) is 0.435. The molecule has 5 nitrogen and oxygen atoms in total. The van der Waals surface area contributed by atoms with Gasteiger partial charge in [0.25, 0.3) is 0 Å². The van der Waals surface area contributed by atoms with Gasteiger partial charge in [0, 0.05) is 43.2 Å². The van der Waals surface area contributed by atoms with E-state index in [0.29, 0.717) is 13.1 Å². The van der Waals surface area contributed by atoms with Crippen molar-refractivity contribution in [3.05, 3.63) is 52.9 Å². The fourth-order valence-electron chi connectivity index (χ4n) is 4.20. The van der Waals surface area contributed by atoms with Gasteiger partial charge in [0.2, 0.25) is 0 Å². The SMILES string of the molecule is CCn1c(=O)n(CC)c2cc(Nc3ccc(N4CCC(C)CC4)cc3)ccc21. The number of hydrogen-bond donors (Lipinski definition) is 1. The maximum absolute atomic E-state index is 12.5. The molecule has 1 aliphatic heterocycles. The van der Waals surface area contributed by atoms with Gasteiger partial charge in [-0.25, -0.2) is 4.79 Å². The van der Waals surface area contributed by atoms with Crippen LogP contribution in [0.4, 0.5) is 17.1 Å². The van der Waals surface area contributed by atoms with Crippen molar-refractivity contribution in [1.82, 2.24) is 9.13 Å². The van der Waals surface area contributed by atoms with Crippen molar-refractivity contribution in [2.24, 2.45) is 5.92 Å². The zero-order valence-corrected chi connectivity index (χ0v) is 17.1. The van der Waals surface area contributed by atoms with E-state index in [1.165, 1.54) is 18.5 Å². The van der Waals surface area contributed by atoms with E-state index in [4.69, 9.17) is 0 Å². The lowest BCUT2D eigenvalue weighted by Crippen LogP contribution is -2.32. The molecule has 2 heterocycles. The normalized spacial score (nSPS) is 15.3. The van der Waals surface area contributed by atoms with Crippen LogP contribution in [0.25, 0.3) is 11.0 Å². The van der Waals surface area contributed by atoms with Crippen LogP contribution < -0.4 is 15.9 Å². The van der Waals surface area contributed by atoms with Crippen LogP contribution in [0, 0.1) is 5.92 Å². The number of fused-ring (bicyclic) bond motifs is 1. The molecule has 1 N–H and O–H groups in total. The number of nitrogens with zero attached hydrogens (tertiary/aromatic N) is 3. The van der Waals surface area contributed by atoms with Gasteiger partial charge in [-0.15, -0.1) is 0 Å². The molecule has 1 aromatic heterocycles. The van der Waals surface area contributed by atoms with Crippen LogP contribution in [0.15, 0.2) is 47.3 Å². The van der Waals surface area contributed by atoms with Crippen LogP contribution in [0.1, 0.15) is 33.6 Å². The van der Waals surface area contributed by atoms with Crippen LogP contribution in [0.5, 0.6) is 0 Å². The Morgan fingerprint density at radius 2 is 1.50 bits per heavy atom. The van der Waals surface area contributed by atoms with E-state index in [9.17, 15) is 4.79 Å². The molecule has 0 bridgehead atoms. The van der Waals surface area contributed by atoms with Crippen LogP contribution in [-0.2, 0) is 13.1 Å². The highest BCUT2D eigenvalue weighted by molar-refractivity contribution is 5.81. The number of piperidine rings is 1. The number of aryl methyl sites for hydroxylation is 2. The van der Waals surface area contributed by atoms with Gasteiger partial charge < -0.3 is 10.2 Å². The minimum atomic E-state index is 0.0670. The number of aromatic nitrogens is 2. The standard InChI is InChI=1S/C23H30N4O/c1-4-26-21-11-8-19(16-22(21)27(5-2)23(26)28)24-18-6-9-20(10-7-18)25-14-12-17(3)13-15-25/h6-11,16-17,24H,4-5,12-15H2,1-3H3. The van der Waals surface area contributed by atoms with E-state index < -0.39 is 0 Å². The van der Waals surface area contributed by atoms with Gasteiger partial charge in [-0.1, -0.05) is 6.92 Å². The highest BCUT2D eigenvalue weighted by Gasteiger charge is 2.16. The molecule has 3 aromatic rings. The molecule has 0 atom stereocenters. The molecular formula is C23H30N4O. The molecule has 1 aliphatic rings. The molecule has 148 valence electrons. The first-order chi connectivity index (χ1) is 13.6. The van der Waals surface area contributed by atoms with E-state index in [1.807, 2.05) is 35.1 Å². The molecule has 0 aliphatic carbocycles. The molecule has 2 aromatic carbocycles. The zero-order valence-electron chi connectivity index (χ0n) is 17.1. The minimum Gasteiger partial charge on any atom is -0.372 e. The number of anilines is 3. The minimum absolute atomic E-state index is 0.0670. The van der Waals surface area contributed by atoms with Crippen LogP contribution >= 0.6 is 0 Å². The molecule has 4 rings (SSSR count). The lowest BCUT2D eigenvalue weighted by Gasteiger charge is -2.32. The number of rotatable bonds is 5. The lowest BCUT2D eigenvalue weighted by atomic mass is 9.99. The molecule has 0 amide bonds. The summed E-state index contributed by atoms with van der Waals surface area (Å²) in [6.07, 6.45) is 2.55. The summed E-state index contributed by atoms with van der Waals surface area (Å²) in [6.45, 7) is 10.0. The monoisotopic (exact) mass is 378 g/mol. The molecule has 0 saturated carbocycles. The zero-order chi connectivity index (χ0) is 19.7. The van der Waals surface area contributed by atoms with Crippen molar-refractivity contribution in [3.8, 4) is 0 Å². The Morgan fingerprint density at radius 3 is 2.14 bits per heavy atom.